The van der Waals surface area contributed by atoms with Gasteiger partial charge in [0.25, 0.3) is 0 Å². The van der Waals surface area contributed by atoms with Crippen LogP contribution in [0.25, 0.3) is 0 Å². The second-order valence-corrected chi connectivity index (χ2v) is 9.50. The fourth-order valence-electron chi connectivity index (χ4n) is 4.95. The summed E-state index contributed by atoms with van der Waals surface area (Å²) in [7, 11) is 0. The van der Waals surface area contributed by atoms with Gasteiger partial charge in [0.15, 0.2) is 0 Å². The Balaban J connectivity index is 1.20. The van der Waals surface area contributed by atoms with Crippen LogP contribution in [0.5, 0.6) is 0 Å². The van der Waals surface area contributed by atoms with Gasteiger partial charge in [-0.05, 0) is 49.3 Å². The number of fused-ring (bicyclic) bond motifs is 1. The minimum Gasteiger partial charge on any atom is -0.481 e. The molecule has 2 aliphatic rings. The van der Waals surface area contributed by atoms with Crippen molar-refractivity contribution in [2.24, 2.45) is 0 Å². The number of rotatable bonds is 10. The number of aryl methyl sites for hydroxylation is 2. The van der Waals surface area contributed by atoms with Crippen molar-refractivity contribution in [3.63, 3.8) is 0 Å². The standard InChI is InChI=1S/C27H34N4O4/c32-24(16-21(17-26(34)35)19-6-2-1-3-7-19)29-23-13-15-31(18-23)25(33)10-4-9-22-12-11-20-8-5-14-28-27(20)30-22/h1-3,6-7,11-12,21,23H,4-5,8-10,13-18H2,(H,28,30)(H,29,32)(H,34,35). The second-order valence-electron chi connectivity index (χ2n) is 9.50. The van der Waals surface area contributed by atoms with Crippen molar-refractivity contribution in [3.8, 4) is 0 Å². The van der Waals surface area contributed by atoms with Gasteiger partial charge in [0.05, 0.1) is 6.42 Å². The van der Waals surface area contributed by atoms with E-state index >= 15 is 0 Å². The molecule has 2 unspecified atom stereocenters. The Bertz CT molecular complexity index is 1040. The molecule has 2 amide bonds. The highest BCUT2D eigenvalue weighted by atomic mass is 16.4. The molecule has 0 radical (unpaired) electrons. The van der Waals surface area contributed by atoms with Crippen LogP contribution in [0.2, 0.25) is 0 Å². The molecule has 8 heteroatoms. The van der Waals surface area contributed by atoms with Crippen LogP contribution in [0, 0.1) is 0 Å². The molecule has 3 heterocycles. The summed E-state index contributed by atoms with van der Waals surface area (Å²) in [6.07, 6.45) is 4.89. The van der Waals surface area contributed by atoms with E-state index in [9.17, 15) is 19.5 Å². The average molecular weight is 479 g/mol. The maximum absolute atomic E-state index is 12.7. The molecule has 0 bridgehead atoms. The maximum Gasteiger partial charge on any atom is 0.303 e. The van der Waals surface area contributed by atoms with Crippen LogP contribution in [-0.4, -0.2) is 58.5 Å². The van der Waals surface area contributed by atoms with Crippen LogP contribution in [-0.2, 0) is 27.2 Å². The van der Waals surface area contributed by atoms with Gasteiger partial charge in [-0.1, -0.05) is 36.4 Å². The summed E-state index contributed by atoms with van der Waals surface area (Å²) >= 11 is 0. The van der Waals surface area contributed by atoms with E-state index in [0.717, 1.165) is 49.3 Å². The molecule has 2 atom stereocenters. The van der Waals surface area contributed by atoms with Gasteiger partial charge >= 0.3 is 5.97 Å². The second kappa shape index (κ2) is 11.8. The molecule has 1 saturated heterocycles. The predicted octanol–water partition coefficient (Wildman–Crippen LogP) is 3.13. The Kier molecular flexibility index (Phi) is 8.34. The number of anilines is 1. The zero-order valence-electron chi connectivity index (χ0n) is 20.0. The molecule has 1 aromatic heterocycles. The highest BCUT2D eigenvalue weighted by Crippen LogP contribution is 2.24. The van der Waals surface area contributed by atoms with Gasteiger partial charge in [-0.15, -0.1) is 0 Å². The smallest absolute Gasteiger partial charge is 0.303 e. The first-order valence-corrected chi connectivity index (χ1v) is 12.5. The Hall–Kier alpha value is -3.42. The molecular weight excluding hydrogens is 444 g/mol. The number of aromatic nitrogens is 1. The summed E-state index contributed by atoms with van der Waals surface area (Å²) in [6.45, 7) is 2.09. The number of carboxylic acid groups (broad SMARTS) is 1. The van der Waals surface area contributed by atoms with Crippen LogP contribution >= 0.6 is 0 Å². The Morgan fingerprint density at radius 2 is 1.97 bits per heavy atom. The number of benzene rings is 1. The van der Waals surface area contributed by atoms with E-state index in [1.165, 1.54) is 5.56 Å². The normalized spacial score (nSPS) is 17.8. The van der Waals surface area contributed by atoms with Crippen molar-refractivity contribution >= 4 is 23.6 Å². The quantitative estimate of drug-likeness (QED) is 0.484. The number of aliphatic carboxylic acids is 1. The minimum absolute atomic E-state index is 0.0954. The number of carbonyl (C=O) groups excluding carboxylic acids is 2. The molecular formula is C27H34N4O4. The number of carbonyl (C=O) groups is 3. The number of nitrogens with zero attached hydrogens (tertiary/aromatic N) is 2. The van der Waals surface area contributed by atoms with Crippen molar-refractivity contribution in [1.29, 1.82) is 0 Å². The Labute approximate surface area is 206 Å². The lowest BCUT2D eigenvalue weighted by Gasteiger charge is -2.19. The molecule has 8 nitrogen and oxygen atoms in total. The average Bonchev–Trinajstić information content (AvgIpc) is 3.32. The number of hydrogen-bond acceptors (Lipinski definition) is 5. The lowest BCUT2D eigenvalue weighted by Crippen LogP contribution is -2.39. The molecule has 2 aromatic rings. The third-order valence-electron chi connectivity index (χ3n) is 6.81. The highest BCUT2D eigenvalue weighted by molar-refractivity contribution is 5.79. The van der Waals surface area contributed by atoms with Crippen molar-refractivity contribution in [2.45, 2.75) is 63.3 Å². The van der Waals surface area contributed by atoms with Crippen LogP contribution < -0.4 is 10.6 Å². The number of carboxylic acids is 1. The molecule has 0 aliphatic carbocycles. The Morgan fingerprint density at radius 3 is 2.77 bits per heavy atom. The van der Waals surface area contributed by atoms with Gasteiger partial charge in [0, 0.05) is 50.1 Å². The molecule has 186 valence electrons. The molecule has 4 rings (SSSR count). The molecule has 0 saturated carbocycles. The number of amides is 2. The van der Waals surface area contributed by atoms with Gasteiger partial charge < -0.3 is 20.6 Å². The van der Waals surface area contributed by atoms with Crippen molar-refractivity contribution < 1.29 is 19.5 Å². The zero-order chi connectivity index (χ0) is 24.6. The third kappa shape index (κ3) is 7.04. The van der Waals surface area contributed by atoms with E-state index in [1.54, 1.807) is 0 Å². The summed E-state index contributed by atoms with van der Waals surface area (Å²) in [5.41, 5.74) is 3.11. The van der Waals surface area contributed by atoms with E-state index in [2.05, 4.69) is 22.8 Å². The number of nitrogens with one attached hydrogen (secondary N) is 2. The Morgan fingerprint density at radius 1 is 1.14 bits per heavy atom. The zero-order valence-corrected chi connectivity index (χ0v) is 20.0. The summed E-state index contributed by atoms with van der Waals surface area (Å²) in [5.74, 6) is -0.389. The van der Waals surface area contributed by atoms with Crippen LogP contribution in [0.3, 0.4) is 0 Å². The lowest BCUT2D eigenvalue weighted by molar-refractivity contribution is -0.137. The van der Waals surface area contributed by atoms with Crippen molar-refractivity contribution in [1.82, 2.24) is 15.2 Å². The van der Waals surface area contributed by atoms with Gasteiger partial charge in [0.1, 0.15) is 5.82 Å². The first-order chi connectivity index (χ1) is 17.0. The first kappa shape index (κ1) is 24.7. The SMILES string of the molecule is O=C(O)CC(CC(=O)NC1CCN(C(=O)CCCc2ccc3c(n2)NCCC3)C1)c1ccccc1. The summed E-state index contributed by atoms with van der Waals surface area (Å²) < 4.78 is 0. The molecule has 1 aromatic carbocycles. The highest BCUT2D eigenvalue weighted by Gasteiger charge is 2.28. The van der Waals surface area contributed by atoms with Crippen LogP contribution in [0.1, 0.15) is 61.3 Å². The fourth-order valence-corrected chi connectivity index (χ4v) is 4.95. The monoisotopic (exact) mass is 478 g/mol. The summed E-state index contributed by atoms with van der Waals surface area (Å²) in [4.78, 5) is 43.1. The molecule has 2 aliphatic heterocycles. The maximum atomic E-state index is 12.7. The largest absolute Gasteiger partial charge is 0.481 e. The number of hydrogen-bond donors (Lipinski definition) is 3. The van der Waals surface area contributed by atoms with Crippen LogP contribution in [0.4, 0.5) is 5.82 Å². The first-order valence-electron chi connectivity index (χ1n) is 12.5. The fraction of sp³-hybridized carbons (Fsp3) is 0.481. The van der Waals surface area contributed by atoms with Crippen molar-refractivity contribution in [3.05, 3.63) is 59.3 Å². The van der Waals surface area contributed by atoms with Crippen LogP contribution in [0.15, 0.2) is 42.5 Å². The van der Waals surface area contributed by atoms with E-state index in [4.69, 9.17) is 4.98 Å². The van der Waals surface area contributed by atoms with E-state index in [-0.39, 0.29) is 36.6 Å². The molecule has 35 heavy (non-hydrogen) atoms. The van der Waals surface area contributed by atoms with Crippen molar-refractivity contribution in [2.75, 3.05) is 25.0 Å². The predicted molar refractivity (Wildman–Crippen MR) is 133 cm³/mol. The third-order valence-corrected chi connectivity index (χ3v) is 6.81. The van der Waals surface area contributed by atoms with E-state index in [0.29, 0.717) is 25.9 Å². The topological polar surface area (TPSA) is 112 Å². The van der Waals surface area contributed by atoms with Gasteiger partial charge in [0.2, 0.25) is 11.8 Å². The van der Waals surface area contributed by atoms with Gasteiger partial charge in [-0.25, -0.2) is 4.98 Å². The molecule has 0 spiro atoms. The van der Waals surface area contributed by atoms with E-state index < -0.39 is 5.97 Å². The lowest BCUT2D eigenvalue weighted by atomic mass is 9.92. The molecule has 1 fully saturated rings. The minimum atomic E-state index is -0.925. The number of pyridine rings is 1. The summed E-state index contributed by atoms with van der Waals surface area (Å²) in [5, 5.41) is 15.6. The molecule has 3 N–H and O–H groups in total. The van der Waals surface area contributed by atoms with Gasteiger partial charge in [-0.3, -0.25) is 14.4 Å². The summed E-state index contributed by atoms with van der Waals surface area (Å²) in [6, 6.07) is 13.4. The van der Waals surface area contributed by atoms with E-state index in [1.807, 2.05) is 35.2 Å². The van der Waals surface area contributed by atoms with Gasteiger partial charge in [-0.2, -0.15) is 0 Å². The number of likely N-dealkylation sites (tertiary alicyclic amines) is 1.